The van der Waals surface area contributed by atoms with E-state index in [1.54, 1.807) is 0 Å². The topological polar surface area (TPSA) is 38.8 Å². The largest absolute Gasteiger partial charge is 0.444 e. The zero-order valence-corrected chi connectivity index (χ0v) is 14.1. The second-order valence-electron chi connectivity index (χ2n) is 7.26. The predicted molar refractivity (Wildman–Crippen MR) is 89.2 cm³/mol. The Morgan fingerprint density at radius 2 is 2.04 bits per heavy atom. The van der Waals surface area contributed by atoms with E-state index in [-0.39, 0.29) is 12.1 Å². The quantitative estimate of drug-likeness (QED) is 0.733. The van der Waals surface area contributed by atoms with Gasteiger partial charge < -0.3 is 9.47 Å². The first kappa shape index (κ1) is 16.1. The Morgan fingerprint density at radius 3 is 2.65 bits per heavy atom. The summed E-state index contributed by atoms with van der Waals surface area (Å²) < 4.78 is 11.7. The first-order valence-corrected chi connectivity index (χ1v) is 8.28. The molecule has 0 aromatic heterocycles. The van der Waals surface area contributed by atoms with Crippen molar-refractivity contribution in [2.45, 2.75) is 50.9 Å². The molecule has 4 heteroatoms. The van der Waals surface area contributed by atoms with E-state index in [0.29, 0.717) is 13.2 Å². The van der Waals surface area contributed by atoms with Crippen molar-refractivity contribution in [2.24, 2.45) is 0 Å². The molecule has 0 N–H and O–H groups in total. The lowest BCUT2D eigenvalue weighted by Gasteiger charge is -2.47. The number of rotatable bonds is 1. The fourth-order valence-electron chi connectivity index (χ4n) is 3.49. The van der Waals surface area contributed by atoms with Crippen LogP contribution >= 0.6 is 0 Å². The van der Waals surface area contributed by atoms with E-state index >= 15 is 0 Å². The first-order valence-electron chi connectivity index (χ1n) is 8.28. The molecule has 0 unspecified atom stereocenters. The van der Waals surface area contributed by atoms with Crippen molar-refractivity contribution in [3.8, 4) is 0 Å². The van der Waals surface area contributed by atoms with Gasteiger partial charge in [-0.1, -0.05) is 42.5 Å². The maximum Gasteiger partial charge on any atom is 0.410 e. The molecular formula is C19H25NO3. The van der Waals surface area contributed by atoms with Gasteiger partial charge >= 0.3 is 6.09 Å². The number of carbonyl (C=O) groups excluding carboxylic acids is 1. The number of hydrogen-bond acceptors (Lipinski definition) is 3. The van der Waals surface area contributed by atoms with Crippen molar-refractivity contribution in [3.05, 3.63) is 48.0 Å². The summed E-state index contributed by atoms with van der Waals surface area (Å²) in [7, 11) is 0. The number of benzene rings is 1. The van der Waals surface area contributed by atoms with Gasteiger partial charge in [-0.25, -0.2) is 4.79 Å². The van der Waals surface area contributed by atoms with E-state index in [0.717, 1.165) is 18.4 Å². The highest BCUT2D eigenvalue weighted by molar-refractivity contribution is 5.69. The Labute approximate surface area is 138 Å². The van der Waals surface area contributed by atoms with Crippen molar-refractivity contribution in [1.29, 1.82) is 0 Å². The highest BCUT2D eigenvalue weighted by atomic mass is 16.6. The molecule has 1 fully saturated rings. The van der Waals surface area contributed by atoms with Gasteiger partial charge in [0.05, 0.1) is 12.6 Å². The van der Waals surface area contributed by atoms with Gasteiger partial charge in [0.25, 0.3) is 0 Å². The van der Waals surface area contributed by atoms with Gasteiger partial charge in [0, 0.05) is 6.54 Å². The lowest BCUT2D eigenvalue weighted by molar-refractivity contribution is -0.0812. The summed E-state index contributed by atoms with van der Waals surface area (Å²) in [5, 5.41) is 0. The molecule has 1 spiro atoms. The fourth-order valence-corrected chi connectivity index (χ4v) is 3.49. The van der Waals surface area contributed by atoms with Gasteiger partial charge in [-0.05, 0) is 39.2 Å². The SMILES string of the molecule is CC(C)(C)OC(=O)N1CCC[C@@]2(C=CCO2)[C@@H]1c1ccccc1. The van der Waals surface area contributed by atoms with Crippen LogP contribution < -0.4 is 0 Å². The fraction of sp³-hybridized carbons (Fsp3) is 0.526. The number of piperidine rings is 1. The molecule has 23 heavy (non-hydrogen) atoms. The molecule has 0 aliphatic carbocycles. The molecule has 1 aromatic rings. The smallest absolute Gasteiger partial charge is 0.410 e. The molecule has 2 aliphatic rings. The van der Waals surface area contributed by atoms with E-state index in [1.165, 1.54) is 0 Å². The Hall–Kier alpha value is -1.81. The van der Waals surface area contributed by atoms with Crippen LogP contribution in [0, 0.1) is 0 Å². The van der Waals surface area contributed by atoms with Crippen LogP contribution in [0.2, 0.25) is 0 Å². The average molecular weight is 315 g/mol. The van der Waals surface area contributed by atoms with Crippen LogP contribution in [0.3, 0.4) is 0 Å². The Balaban J connectivity index is 1.96. The Bertz CT molecular complexity index is 590. The summed E-state index contributed by atoms with van der Waals surface area (Å²) in [6.07, 6.45) is 5.74. The minimum absolute atomic E-state index is 0.147. The minimum atomic E-state index is -0.505. The number of likely N-dealkylation sites (tertiary alicyclic amines) is 1. The number of nitrogens with zero attached hydrogens (tertiary/aromatic N) is 1. The van der Waals surface area contributed by atoms with Crippen LogP contribution in [0.1, 0.15) is 45.2 Å². The average Bonchev–Trinajstić information content (AvgIpc) is 2.95. The van der Waals surface area contributed by atoms with Gasteiger partial charge in [-0.2, -0.15) is 0 Å². The molecule has 2 heterocycles. The molecule has 124 valence electrons. The van der Waals surface area contributed by atoms with Crippen LogP contribution in [-0.2, 0) is 9.47 Å². The maximum atomic E-state index is 12.8. The van der Waals surface area contributed by atoms with Gasteiger partial charge in [0.2, 0.25) is 0 Å². The molecular weight excluding hydrogens is 290 g/mol. The molecule has 3 rings (SSSR count). The minimum Gasteiger partial charge on any atom is -0.444 e. The van der Waals surface area contributed by atoms with Gasteiger partial charge in [0.1, 0.15) is 11.2 Å². The van der Waals surface area contributed by atoms with Gasteiger partial charge in [-0.15, -0.1) is 0 Å². The zero-order valence-electron chi connectivity index (χ0n) is 14.1. The van der Waals surface area contributed by atoms with Gasteiger partial charge in [-0.3, -0.25) is 4.90 Å². The third-order valence-corrected chi connectivity index (χ3v) is 4.33. The molecule has 2 aliphatic heterocycles. The van der Waals surface area contributed by atoms with E-state index < -0.39 is 11.2 Å². The lowest BCUT2D eigenvalue weighted by Crippen LogP contribution is -2.53. The van der Waals surface area contributed by atoms with Crippen molar-refractivity contribution in [2.75, 3.05) is 13.2 Å². The Kier molecular flexibility index (Phi) is 4.19. The third kappa shape index (κ3) is 3.27. The molecule has 0 radical (unpaired) electrons. The molecule has 1 amide bonds. The molecule has 0 bridgehead atoms. The standard InChI is InChI=1S/C19H25NO3/c1-18(2,3)23-17(21)20-13-7-11-19(12-8-14-22-19)16(20)15-9-5-4-6-10-15/h4-6,8-10,12,16H,7,11,13-14H2,1-3H3/t16-,19+/m0/s1. The zero-order chi connectivity index (χ0) is 16.5. The van der Waals surface area contributed by atoms with E-state index in [2.05, 4.69) is 24.3 Å². The monoisotopic (exact) mass is 315 g/mol. The number of ether oxygens (including phenoxy) is 2. The summed E-state index contributed by atoms with van der Waals surface area (Å²) >= 11 is 0. The predicted octanol–water partition coefficient (Wildman–Crippen LogP) is 4.08. The highest BCUT2D eigenvalue weighted by Crippen LogP contribution is 2.45. The third-order valence-electron chi connectivity index (χ3n) is 4.33. The van der Waals surface area contributed by atoms with E-state index in [4.69, 9.17) is 9.47 Å². The van der Waals surface area contributed by atoms with Crippen LogP contribution in [0.25, 0.3) is 0 Å². The lowest BCUT2D eigenvalue weighted by atomic mass is 9.81. The molecule has 4 nitrogen and oxygen atoms in total. The van der Waals surface area contributed by atoms with Crippen molar-refractivity contribution in [3.63, 3.8) is 0 Å². The normalized spacial score (nSPS) is 27.4. The van der Waals surface area contributed by atoms with Crippen molar-refractivity contribution in [1.82, 2.24) is 4.90 Å². The summed E-state index contributed by atoms with van der Waals surface area (Å²) in [5.41, 5.74) is 0.149. The van der Waals surface area contributed by atoms with Crippen molar-refractivity contribution >= 4 is 6.09 Å². The molecule has 1 aromatic carbocycles. The van der Waals surface area contributed by atoms with E-state index in [1.807, 2.05) is 43.9 Å². The molecule has 1 saturated heterocycles. The number of carbonyl (C=O) groups is 1. The Morgan fingerprint density at radius 1 is 1.30 bits per heavy atom. The maximum absolute atomic E-state index is 12.8. The second kappa shape index (κ2) is 6.00. The molecule has 0 saturated carbocycles. The summed E-state index contributed by atoms with van der Waals surface area (Å²) in [4.78, 5) is 14.6. The van der Waals surface area contributed by atoms with E-state index in [9.17, 15) is 4.79 Å². The second-order valence-corrected chi connectivity index (χ2v) is 7.26. The van der Waals surface area contributed by atoms with Crippen LogP contribution in [0.15, 0.2) is 42.5 Å². The summed E-state index contributed by atoms with van der Waals surface area (Å²) in [6, 6.07) is 9.97. The summed E-state index contributed by atoms with van der Waals surface area (Å²) in [6.45, 7) is 6.98. The van der Waals surface area contributed by atoms with Crippen molar-refractivity contribution < 1.29 is 14.3 Å². The van der Waals surface area contributed by atoms with Crippen LogP contribution in [0.5, 0.6) is 0 Å². The molecule has 2 atom stereocenters. The highest BCUT2D eigenvalue weighted by Gasteiger charge is 2.48. The first-order chi connectivity index (χ1) is 10.9. The van der Waals surface area contributed by atoms with Gasteiger partial charge in [0.15, 0.2) is 0 Å². The van der Waals surface area contributed by atoms with Crippen LogP contribution in [-0.4, -0.2) is 35.3 Å². The number of amides is 1. The van der Waals surface area contributed by atoms with Crippen LogP contribution in [0.4, 0.5) is 4.79 Å². The number of hydrogen-bond donors (Lipinski definition) is 0. The summed E-state index contributed by atoms with van der Waals surface area (Å²) in [5.74, 6) is 0.